The van der Waals surface area contributed by atoms with Gasteiger partial charge in [-0.25, -0.2) is 0 Å². The highest BCUT2D eigenvalue weighted by molar-refractivity contribution is 6.30. The molecule has 5 heteroatoms. The van der Waals surface area contributed by atoms with E-state index in [0.29, 0.717) is 6.54 Å². The topological polar surface area (TPSA) is 41.1 Å². The summed E-state index contributed by atoms with van der Waals surface area (Å²) < 4.78 is 0. The van der Waals surface area contributed by atoms with Crippen LogP contribution < -0.4 is 10.6 Å². The second-order valence-corrected chi connectivity index (χ2v) is 5.91. The molecule has 1 amide bonds. The zero-order valence-corrected chi connectivity index (χ0v) is 13.3. The van der Waals surface area contributed by atoms with Crippen LogP contribution in [0.25, 0.3) is 0 Å². The van der Waals surface area contributed by atoms with Crippen LogP contribution in [-0.2, 0) is 11.2 Å². The van der Waals surface area contributed by atoms with Crippen LogP contribution in [0.15, 0.2) is 24.3 Å². The van der Waals surface area contributed by atoms with Crippen molar-refractivity contribution in [2.75, 3.05) is 19.6 Å². The average molecular weight is 317 g/mol. The van der Waals surface area contributed by atoms with Gasteiger partial charge in [-0.2, -0.15) is 0 Å². The van der Waals surface area contributed by atoms with E-state index in [1.807, 2.05) is 31.2 Å². The second kappa shape index (κ2) is 7.87. The summed E-state index contributed by atoms with van der Waals surface area (Å²) in [6, 6.07) is 7.77. The van der Waals surface area contributed by atoms with Gasteiger partial charge in [-0.05, 0) is 50.4 Å². The Kier molecular flexibility index (Phi) is 6.80. The van der Waals surface area contributed by atoms with Gasteiger partial charge in [0.1, 0.15) is 0 Å². The molecule has 1 fully saturated rings. The lowest BCUT2D eigenvalue weighted by molar-refractivity contribution is -0.131. The van der Waals surface area contributed by atoms with Gasteiger partial charge in [0.15, 0.2) is 0 Å². The molecule has 1 heterocycles. The summed E-state index contributed by atoms with van der Waals surface area (Å²) in [7, 11) is 0. The van der Waals surface area contributed by atoms with E-state index in [2.05, 4.69) is 10.6 Å². The van der Waals surface area contributed by atoms with Crippen LogP contribution in [0.4, 0.5) is 0 Å². The highest BCUT2D eigenvalue weighted by atomic mass is 35.5. The number of piperidine rings is 1. The van der Waals surface area contributed by atoms with Crippen molar-refractivity contribution in [3.63, 3.8) is 0 Å². The molecule has 1 atom stereocenters. The first kappa shape index (κ1) is 17.3. The lowest BCUT2D eigenvalue weighted by Gasteiger charge is -2.32. The van der Waals surface area contributed by atoms with Crippen LogP contribution in [0.1, 0.15) is 25.3 Å². The number of carbonyl (C=O) groups excluding carboxylic acids is 1. The average Bonchev–Trinajstić information content (AvgIpc) is 2.39. The van der Waals surface area contributed by atoms with Gasteiger partial charge < -0.3 is 10.6 Å². The molecule has 1 aromatic carbocycles. The lowest BCUT2D eigenvalue weighted by atomic mass is 9.82. The number of hydrogen-bond donors (Lipinski definition) is 2. The van der Waals surface area contributed by atoms with Gasteiger partial charge in [-0.3, -0.25) is 4.79 Å². The third-order valence-corrected chi connectivity index (χ3v) is 3.97. The number of hydrogen-bond acceptors (Lipinski definition) is 2. The first-order valence-electron chi connectivity index (χ1n) is 6.84. The van der Waals surface area contributed by atoms with Crippen molar-refractivity contribution in [3.05, 3.63) is 34.9 Å². The summed E-state index contributed by atoms with van der Waals surface area (Å²) in [5, 5.41) is 7.08. The molecule has 20 heavy (non-hydrogen) atoms. The molecule has 1 aliphatic rings. The van der Waals surface area contributed by atoms with Crippen LogP contribution in [0.5, 0.6) is 0 Å². The van der Waals surface area contributed by atoms with E-state index in [1.54, 1.807) is 0 Å². The predicted octanol–water partition coefficient (Wildman–Crippen LogP) is 2.81. The standard InChI is InChI=1S/C15H21ClN2O.ClH/c1-15(7-3-8-17-11-15)14(19)18-9-6-12-4-2-5-13(16)10-12;/h2,4-5,10,17H,3,6-9,11H2,1H3,(H,18,19);1H. The van der Waals surface area contributed by atoms with Gasteiger partial charge in [0.2, 0.25) is 5.91 Å². The van der Waals surface area contributed by atoms with Crippen molar-refractivity contribution in [2.24, 2.45) is 5.41 Å². The van der Waals surface area contributed by atoms with Crippen molar-refractivity contribution in [3.8, 4) is 0 Å². The molecule has 0 aliphatic carbocycles. The van der Waals surface area contributed by atoms with Gasteiger partial charge in [-0.15, -0.1) is 12.4 Å². The van der Waals surface area contributed by atoms with Crippen LogP contribution >= 0.6 is 24.0 Å². The molecule has 1 unspecified atom stereocenters. The molecule has 0 bridgehead atoms. The Hall–Kier alpha value is -0.770. The summed E-state index contributed by atoms with van der Waals surface area (Å²) in [5.74, 6) is 0.154. The smallest absolute Gasteiger partial charge is 0.227 e. The Morgan fingerprint density at radius 1 is 1.50 bits per heavy atom. The molecule has 3 nitrogen and oxygen atoms in total. The molecular weight excluding hydrogens is 295 g/mol. The van der Waals surface area contributed by atoms with Gasteiger partial charge in [0, 0.05) is 18.1 Å². The Morgan fingerprint density at radius 2 is 2.30 bits per heavy atom. The minimum Gasteiger partial charge on any atom is -0.355 e. The zero-order chi connectivity index (χ0) is 13.7. The normalized spacial score (nSPS) is 21.9. The maximum Gasteiger partial charge on any atom is 0.227 e. The number of rotatable bonds is 4. The van der Waals surface area contributed by atoms with Gasteiger partial charge in [-0.1, -0.05) is 23.7 Å². The minimum atomic E-state index is -0.257. The first-order chi connectivity index (χ1) is 9.10. The molecule has 0 spiro atoms. The maximum absolute atomic E-state index is 12.2. The first-order valence-corrected chi connectivity index (χ1v) is 7.21. The van der Waals surface area contributed by atoms with E-state index >= 15 is 0 Å². The van der Waals surface area contributed by atoms with E-state index in [1.165, 1.54) is 0 Å². The van der Waals surface area contributed by atoms with Crippen molar-refractivity contribution >= 4 is 29.9 Å². The number of halogens is 2. The second-order valence-electron chi connectivity index (χ2n) is 5.48. The van der Waals surface area contributed by atoms with Crippen LogP contribution in [0.3, 0.4) is 0 Å². The highest BCUT2D eigenvalue weighted by Gasteiger charge is 2.34. The fraction of sp³-hybridized carbons (Fsp3) is 0.533. The summed E-state index contributed by atoms with van der Waals surface area (Å²) in [6.07, 6.45) is 2.84. The lowest BCUT2D eigenvalue weighted by Crippen LogP contribution is -2.49. The monoisotopic (exact) mass is 316 g/mol. The van der Waals surface area contributed by atoms with Crippen molar-refractivity contribution in [1.29, 1.82) is 0 Å². The molecule has 2 rings (SSSR count). The molecule has 2 N–H and O–H groups in total. The maximum atomic E-state index is 12.2. The zero-order valence-electron chi connectivity index (χ0n) is 11.7. The number of carbonyl (C=O) groups is 1. The quantitative estimate of drug-likeness (QED) is 0.896. The predicted molar refractivity (Wildman–Crippen MR) is 85.6 cm³/mol. The summed E-state index contributed by atoms with van der Waals surface area (Å²) in [6.45, 7) is 4.49. The molecule has 112 valence electrons. The molecule has 0 saturated carbocycles. The Labute approximate surface area is 131 Å². The van der Waals surface area contributed by atoms with Crippen LogP contribution in [-0.4, -0.2) is 25.5 Å². The Morgan fingerprint density at radius 3 is 2.95 bits per heavy atom. The summed E-state index contributed by atoms with van der Waals surface area (Å²) in [5.41, 5.74) is 0.895. The van der Waals surface area contributed by atoms with Gasteiger partial charge in [0.25, 0.3) is 0 Å². The molecule has 0 aromatic heterocycles. The number of amides is 1. The molecule has 1 aliphatic heterocycles. The summed E-state index contributed by atoms with van der Waals surface area (Å²) in [4.78, 5) is 12.2. The van der Waals surface area contributed by atoms with Gasteiger partial charge >= 0.3 is 0 Å². The molecule has 1 saturated heterocycles. The minimum absolute atomic E-state index is 0. The van der Waals surface area contributed by atoms with E-state index in [-0.39, 0.29) is 23.7 Å². The molecular formula is C15H22Cl2N2O. The van der Waals surface area contributed by atoms with Crippen molar-refractivity contribution in [2.45, 2.75) is 26.2 Å². The van der Waals surface area contributed by atoms with E-state index in [9.17, 15) is 4.79 Å². The van der Waals surface area contributed by atoms with Crippen molar-refractivity contribution < 1.29 is 4.79 Å². The number of nitrogens with one attached hydrogen (secondary N) is 2. The Balaban J connectivity index is 0.00000200. The third-order valence-electron chi connectivity index (χ3n) is 3.73. The SMILES string of the molecule is CC1(C(=O)NCCc2cccc(Cl)c2)CCCNC1.Cl. The largest absolute Gasteiger partial charge is 0.355 e. The van der Waals surface area contributed by atoms with Gasteiger partial charge in [0.05, 0.1) is 5.41 Å². The number of benzene rings is 1. The van der Waals surface area contributed by atoms with Crippen LogP contribution in [0, 0.1) is 5.41 Å². The molecule has 1 aromatic rings. The molecule has 0 radical (unpaired) electrons. The van der Waals surface area contributed by atoms with E-state index in [4.69, 9.17) is 11.6 Å². The highest BCUT2D eigenvalue weighted by Crippen LogP contribution is 2.25. The third kappa shape index (κ3) is 4.65. The van der Waals surface area contributed by atoms with Crippen molar-refractivity contribution in [1.82, 2.24) is 10.6 Å². The van der Waals surface area contributed by atoms with E-state index < -0.39 is 0 Å². The fourth-order valence-corrected chi connectivity index (χ4v) is 2.69. The summed E-state index contributed by atoms with van der Waals surface area (Å²) >= 11 is 5.93. The van der Waals surface area contributed by atoms with E-state index in [0.717, 1.165) is 42.9 Å². The fourth-order valence-electron chi connectivity index (χ4n) is 2.48. The van der Waals surface area contributed by atoms with Crippen LogP contribution in [0.2, 0.25) is 5.02 Å². The Bertz CT molecular complexity index is 445.